The predicted molar refractivity (Wildman–Crippen MR) is 150 cm³/mol. The Bertz CT molecular complexity index is 1590. The van der Waals surface area contributed by atoms with Gasteiger partial charge in [-0.2, -0.15) is 0 Å². The van der Waals surface area contributed by atoms with Crippen molar-refractivity contribution < 1.29 is 28.5 Å². The van der Waals surface area contributed by atoms with E-state index in [1.54, 1.807) is 48.4 Å². The third-order valence-electron chi connectivity index (χ3n) is 6.57. The zero-order valence-electron chi connectivity index (χ0n) is 21.4. The molecule has 1 amide bonds. The van der Waals surface area contributed by atoms with Gasteiger partial charge in [0.1, 0.15) is 24.9 Å². The third-order valence-corrected chi connectivity index (χ3v) is 7.31. The van der Waals surface area contributed by atoms with Crippen LogP contribution >= 0.6 is 23.2 Å². The number of anilines is 2. The van der Waals surface area contributed by atoms with Gasteiger partial charge in [0.25, 0.3) is 5.91 Å². The number of carbonyl (C=O) groups is 1. The molecule has 3 heterocycles. The van der Waals surface area contributed by atoms with E-state index in [0.717, 1.165) is 11.1 Å². The van der Waals surface area contributed by atoms with E-state index in [-0.39, 0.29) is 25.4 Å². The second kappa shape index (κ2) is 11.2. The highest BCUT2D eigenvalue weighted by atomic mass is 35.5. The molecule has 2 aliphatic rings. The molecule has 0 spiro atoms. The molecule has 206 valence electrons. The van der Waals surface area contributed by atoms with Crippen molar-refractivity contribution in [3.8, 4) is 23.0 Å². The number of amides is 1. The number of halogens is 2. The minimum atomic E-state index is -0.329. The number of benzene rings is 3. The van der Waals surface area contributed by atoms with Crippen LogP contribution < -0.4 is 24.3 Å². The zero-order chi connectivity index (χ0) is 27.6. The van der Waals surface area contributed by atoms with Gasteiger partial charge < -0.3 is 33.9 Å². The number of nitrogens with zero attached hydrogens (tertiary/aromatic N) is 3. The van der Waals surface area contributed by atoms with Crippen molar-refractivity contribution in [3.63, 3.8) is 0 Å². The highest BCUT2D eigenvalue weighted by molar-refractivity contribution is 6.42. The summed E-state index contributed by atoms with van der Waals surface area (Å²) in [7, 11) is 1.56. The van der Waals surface area contributed by atoms with Crippen LogP contribution in [0.15, 0.2) is 54.9 Å². The molecule has 12 heteroatoms. The monoisotopic (exact) mass is 582 g/mol. The number of ether oxygens (including phenoxy) is 5. The summed E-state index contributed by atoms with van der Waals surface area (Å²) in [6.45, 7) is 1.63. The van der Waals surface area contributed by atoms with Crippen LogP contribution in [-0.2, 0) is 4.74 Å². The molecule has 0 bridgehead atoms. The summed E-state index contributed by atoms with van der Waals surface area (Å²) in [5.41, 5.74) is 1.91. The lowest BCUT2D eigenvalue weighted by Crippen LogP contribution is -2.47. The van der Waals surface area contributed by atoms with Crippen LogP contribution in [0.25, 0.3) is 10.9 Å². The third kappa shape index (κ3) is 5.38. The van der Waals surface area contributed by atoms with Gasteiger partial charge in [-0.15, -0.1) is 0 Å². The Balaban J connectivity index is 1.15. The molecule has 1 saturated heterocycles. The molecule has 10 nitrogen and oxygen atoms in total. The molecule has 1 N–H and O–H groups in total. The lowest BCUT2D eigenvalue weighted by molar-refractivity contribution is -0.0403. The maximum absolute atomic E-state index is 13.1. The first-order valence-corrected chi connectivity index (χ1v) is 13.2. The van der Waals surface area contributed by atoms with Gasteiger partial charge in [0.15, 0.2) is 23.0 Å². The standard InChI is InChI=1S/C28H24Cl2N4O6/c1-36-24-10-19-22(31-14-32-27(19)33-17-3-4-20(29)21(30)9-17)11-26(24)38-13-18-12-34(6-7-37-18)28(35)16-2-5-23-25(8-16)40-15-39-23/h2-5,8-11,14,18H,6-7,12-13,15H2,1H3,(H,31,32,33). The fourth-order valence-electron chi connectivity index (χ4n) is 4.55. The van der Waals surface area contributed by atoms with Crippen molar-refractivity contribution in [2.45, 2.75) is 6.10 Å². The lowest BCUT2D eigenvalue weighted by atomic mass is 10.1. The number of hydrogen-bond donors (Lipinski definition) is 1. The van der Waals surface area contributed by atoms with Gasteiger partial charge in [0.05, 0.1) is 35.8 Å². The summed E-state index contributed by atoms with van der Waals surface area (Å²) >= 11 is 12.2. The van der Waals surface area contributed by atoms with Crippen molar-refractivity contribution in [1.82, 2.24) is 14.9 Å². The molecular weight excluding hydrogens is 559 g/mol. The molecule has 4 aromatic rings. The largest absolute Gasteiger partial charge is 0.493 e. The molecule has 0 saturated carbocycles. The Morgan fingerprint density at radius 2 is 1.93 bits per heavy atom. The van der Waals surface area contributed by atoms with Crippen LogP contribution in [0.2, 0.25) is 10.0 Å². The van der Waals surface area contributed by atoms with E-state index in [1.807, 2.05) is 12.1 Å². The highest BCUT2D eigenvalue weighted by Gasteiger charge is 2.27. The number of methoxy groups -OCH3 is 1. The number of carbonyl (C=O) groups excluding carboxylic acids is 1. The predicted octanol–water partition coefficient (Wildman–Crippen LogP) is 5.34. The number of morpholine rings is 1. The van der Waals surface area contributed by atoms with E-state index in [0.29, 0.717) is 69.6 Å². The molecule has 40 heavy (non-hydrogen) atoms. The molecule has 3 aromatic carbocycles. The minimum absolute atomic E-state index is 0.103. The number of fused-ring (bicyclic) bond motifs is 2. The normalized spacial score (nSPS) is 16.2. The van der Waals surface area contributed by atoms with Crippen LogP contribution in [0.4, 0.5) is 11.5 Å². The second-order valence-electron chi connectivity index (χ2n) is 9.12. The summed E-state index contributed by atoms with van der Waals surface area (Å²) in [4.78, 5) is 23.7. The summed E-state index contributed by atoms with van der Waals surface area (Å²) < 4.78 is 28.4. The molecule has 1 fully saturated rings. The van der Waals surface area contributed by atoms with E-state index >= 15 is 0 Å². The number of aromatic nitrogens is 2. The molecule has 1 unspecified atom stereocenters. The summed E-state index contributed by atoms with van der Waals surface area (Å²) in [6, 6.07) is 14.0. The van der Waals surface area contributed by atoms with Gasteiger partial charge >= 0.3 is 0 Å². The lowest BCUT2D eigenvalue weighted by Gasteiger charge is -2.33. The van der Waals surface area contributed by atoms with Crippen molar-refractivity contribution in [3.05, 3.63) is 70.5 Å². The molecule has 6 rings (SSSR count). The highest BCUT2D eigenvalue weighted by Crippen LogP contribution is 2.36. The van der Waals surface area contributed by atoms with E-state index in [4.69, 9.17) is 46.9 Å². The minimum Gasteiger partial charge on any atom is -0.493 e. The topological polar surface area (TPSA) is 104 Å². The van der Waals surface area contributed by atoms with Gasteiger partial charge in [-0.25, -0.2) is 9.97 Å². The second-order valence-corrected chi connectivity index (χ2v) is 9.93. The van der Waals surface area contributed by atoms with Gasteiger partial charge in [0, 0.05) is 29.2 Å². The first-order valence-electron chi connectivity index (χ1n) is 12.5. The first kappa shape index (κ1) is 26.2. The molecule has 2 aliphatic heterocycles. The SMILES string of the molecule is COc1cc2c(Nc3ccc(Cl)c(Cl)c3)ncnc2cc1OCC1CN(C(=O)c2ccc3c(c2)OCO3)CCO1. The Kier molecular flexibility index (Phi) is 7.38. The number of hydrogen-bond acceptors (Lipinski definition) is 9. The van der Waals surface area contributed by atoms with Gasteiger partial charge in [-0.05, 0) is 42.5 Å². The molecular formula is C28H24Cl2N4O6. The van der Waals surface area contributed by atoms with Crippen molar-refractivity contribution in [2.24, 2.45) is 0 Å². The Morgan fingerprint density at radius 3 is 2.77 bits per heavy atom. The van der Waals surface area contributed by atoms with Crippen LogP contribution in [-0.4, -0.2) is 67.1 Å². The van der Waals surface area contributed by atoms with E-state index in [2.05, 4.69) is 15.3 Å². The molecule has 0 aliphatic carbocycles. The van der Waals surface area contributed by atoms with Crippen LogP contribution in [0.3, 0.4) is 0 Å². The fraction of sp³-hybridized carbons (Fsp3) is 0.250. The Hall–Kier alpha value is -3.99. The van der Waals surface area contributed by atoms with E-state index < -0.39 is 0 Å². The van der Waals surface area contributed by atoms with Gasteiger partial charge in [0.2, 0.25) is 6.79 Å². The van der Waals surface area contributed by atoms with Crippen LogP contribution in [0.1, 0.15) is 10.4 Å². The first-order chi connectivity index (χ1) is 19.5. The van der Waals surface area contributed by atoms with Crippen LogP contribution in [0.5, 0.6) is 23.0 Å². The van der Waals surface area contributed by atoms with E-state index in [1.165, 1.54) is 6.33 Å². The summed E-state index contributed by atoms with van der Waals surface area (Å²) in [5, 5.41) is 4.87. The average Bonchev–Trinajstić information content (AvgIpc) is 3.45. The molecule has 1 aromatic heterocycles. The zero-order valence-corrected chi connectivity index (χ0v) is 22.9. The Labute approximate surface area is 239 Å². The maximum Gasteiger partial charge on any atom is 0.254 e. The van der Waals surface area contributed by atoms with Crippen molar-refractivity contribution >= 4 is 51.5 Å². The molecule has 0 radical (unpaired) electrons. The van der Waals surface area contributed by atoms with Gasteiger partial charge in [-0.3, -0.25) is 4.79 Å². The Morgan fingerprint density at radius 1 is 1.05 bits per heavy atom. The number of rotatable bonds is 7. The molecule has 1 atom stereocenters. The average molecular weight is 583 g/mol. The quantitative estimate of drug-likeness (QED) is 0.309. The maximum atomic E-state index is 13.1. The summed E-state index contributed by atoms with van der Waals surface area (Å²) in [5.74, 6) is 2.67. The van der Waals surface area contributed by atoms with Crippen LogP contribution in [0, 0.1) is 0 Å². The van der Waals surface area contributed by atoms with Crippen molar-refractivity contribution in [1.29, 1.82) is 0 Å². The van der Waals surface area contributed by atoms with Crippen molar-refractivity contribution in [2.75, 3.05) is 45.5 Å². The number of nitrogens with one attached hydrogen (secondary N) is 1. The van der Waals surface area contributed by atoms with E-state index in [9.17, 15) is 4.79 Å². The smallest absolute Gasteiger partial charge is 0.254 e. The van der Waals surface area contributed by atoms with Gasteiger partial charge in [-0.1, -0.05) is 23.2 Å². The fourth-order valence-corrected chi connectivity index (χ4v) is 4.84. The summed E-state index contributed by atoms with van der Waals surface area (Å²) in [6.07, 6.45) is 1.13.